The van der Waals surface area contributed by atoms with E-state index in [0.29, 0.717) is 0 Å². The first-order chi connectivity index (χ1) is 5.27. The van der Waals surface area contributed by atoms with E-state index in [4.69, 9.17) is 0 Å². The predicted octanol–water partition coefficient (Wildman–Crippen LogP) is 1.64. The second kappa shape index (κ2) is 2.12. The van der Waals surface area contributed by atoms with E-state index in [0.717, 1.165) is 18.0 Å². The topological polar surface area (TPSA) is 15.3 Å². The molecule has 0 aliphatic carbocycles. The number of rotatable bonds is 0. The summed E-state index contributed by atoms with van der Waals surface area (Å²) < 4.78 is 12.6. The van der Waals surface area contributed by atoms with Crippen LogP contribution in [0.25, 0.3) is 0 Å². The molecule has 3 heteroatoms. The highest BCUT2D eigenvalue weighted by Crippen LogP contribution is 2.29. The third kappa shape index (κ3) is 0.926. The molecule has 1 aromatic rings. The molecule has 0 saturated heterocycles. The molecule has 0 bridgehead atoms. The van der Waals surface area contributed by atoms with E-state index in [1.54, 1.807) is 6.07 Å². The zero-order chi connectivity index (χ0) is 7.84. The smallest absolute Gasteiger partial charge is 0.125 e. The van der Waals surface area contributed by atoms with Crippen molar-refractivity contribution in [3.63, 3.8) is 0 Å². The van der Waals surface area contributed by atoms with Gasteiger partial charge in [-0.3, -0.25) is 0 Å². The first-order valence-electron chi connectivity index (χ1n) is 3.52. The van der Waals surface area contributed by atoms with E-state index in [9.17, 15) is 4.39 Å². The summed E-state index contributed by atoms with van der Waals surface area (Å²) in [5, 5.41) is 3.08. The molecular formula is C8H9FN2. The van der Waals surface area contributed by atoms with E-state index in [2.05, 4.69) is 5.32 Å². The highest BCUT2D eigenvalue weighted by Gasteiger charge is 2.14. The number of fused-ring (bicyclic) bond motifs is 1. The maximum absolute atomic E-state index is 12.6. The molecule has 1 heterocycles. The Morgan fingerprint density at radius 1 is 1.55 bits per heavy atom. The molecule has 11 heavy (non-hydrogen) atoms. The van der Waals surface area contributed by atoms with Crippen LogP contribution in [0.15, 0.2) is 18.2 Å². The van der Waals surface area contributed by atoms with Crippen LogP contribution < -0.4 is 10.2 Å². The van der Waals surface area contributed by atoms with Gasteiger partial charge in [0.2, 0.25) is 0 Å². The molecule has 2 nitrogen and oxygen atoms in total. The number of anilines is 2. The van der Waals surface area contributed by atoms with Crippen molar-refractivity contribution in [2.75, 3.05) is 23.9 Å². The lowest BCUT2D eigenvalue weighted by Crippen LogP contribution is -2.15. The number of hydrogen-bond donors (Lipinski definition) is 1. The van der Waals surface area contributed by atoms with Gasteiger partial charge < -0.3 is 10.2 Å². The Balaban J connectivity index is 2.50. The van der Waals surface area contributed by atoms with Gasteiger partial charge in [0.1, 0.15) is 5.82 Å². The Morgan fingerprint density at radius 2 is 2.36 bits per heavy atom. The molecule has 0 amide bonds. The highest BCUT2D eigenvalue weighted by molar-refractivity contribution is 5.74. The van der Waals surface area contributed by atoms with E-state index in [1.165, 1.54) is 12.1 Å². The fraction of sp³-hybridized carbons (Fsp3) is 0.250. The minimum atomic E-state index is -0.188. The molecule has 0 fully saturated rings. The zero-order valence-corrected chi connectivity index (χ0v) is 6.26. The first-order valence-corrected chi connectivity index (χ1v) is 3.52. The molecule has 1 aliphatic rings. The van der Waals surface area contributed by atoms with E-state index < -0.39 is 0 Å². The van der Waals surface area contributed by atoms with Crippen LogP contribution in [0, 0.1) is 5.82 Å². The van der Waals surface area contributed by atoms with E-state index in [1.807, 2.05) is 11.9 Å². The van der Waals surface area contributed by atoms with Gasteiger partial charge in [0.05, 0.1) is 18.0 Å². The minimum Gasteiger partial charge on any atom is -0.366 e. The molecule has 1 N–H and O–H groups in total. The SMILES string of the molecule is CN1CNc2cc(F)ccc21. The lowest BCUT2D eigenvalue weighted by molar-refractivity contribution is 0.628. The van der Waals surface area contributed by atoms with Gasteiger partial charge in [0, 0.05) is 7.05 Å². The fourth-order valence-electron chi connectivity index (χ4n) is 1.27. The van der Waals surface area contributed by atoms with Crippen molar-refractivity contribution in [3.8, 4) is 0 Å². The Bertz CT molecular complexity index is 285. The van der Waals surface area contributed by atoms with Crippen LogP contribution in [-0.2, 0) is 0 Å². The number of nitrogens with one attached hydrogen (secondary N) is 1. The summed E-state index contributed by atoms with van der Waals surface area (Å²) in [6.45, 7) is 0.763. The first kappa shape index (κ1) is 6.46. The van der Waals surface area contributed by atoms with Crippen molar-refractivity contribution in [2.45, 2.75) is 0 Å². The van der Waals surface area contributed by atoms with Crippen molar-refractivity contribution in [2.24, 2.45) is 0 Å². The van der Waals surface area contributed by atoms with Crippen molar-refractivity contribution in [1.82, 2.24) is 0 Å². The molecule has 0 aromatic heterocycles. The zero-order valence-electron chi connectivity index (χ0n) is 6.26. The summed E-state index contributed by atoms with van der Waals surface area (Å²) in [6.07, 6.45) is 0. The molecule has 1 aliphatic heterocycles. The second-order valence-corrected chi connectivity index (χ2v) is 2.69. The second-order valence-electron chi connectivity index (χ2n) is 2.69. The van der Waals surface area contributed by atoms with Crippen molar-refractivity contribution < 1.29 is 4.39 Å². The number of hydrogen-bond acceptors (Lipinski definition) is 2. The molecule has 1 aromatic carbocycles. The summed E-state index contributed by atoms with van der Waals surface area (Å²) >= 11 is 0. The Kier molecular flexibility index (Phi) is 1.24. The van der Waals surface area contributed by atoms with Crippen molar-refractivity contribution in [1.29, 1.82) is 0 Å². The molecule has 0 radical (unpaired) electrons. The third-order valence-corrected chi connectivity index (χ3v) is 1.88. The monoisotopic (exact) mass is 152 g/mol. The summed E-state index contributed by atoms with van der Waals surface area (Å²) in [5.41, 5.74) is 1.94. The largest absolute Gasteiger partial charge is 0.366 e. The maximum Gasteiger partial charge on any atom is 0.125 e. The molecular weight excluding hydrogens is 143 g/mol. The number of halogens is 1. The van der Waals surface area contributed by atoms with Crippen molar-refractivity contribution in [3.05, 3.63) is 24.0 Å². The lowest BCUT2D eigenvalue weighted by atomic mass is 10.2. The predicted molar refractivity (Wildman–Crippen MR) is 43.3 cm³/mol. The van der Waals surface area contributed by atoms with Crippen LogP contribution >= 0.6 is 0 Å². The van der Waals surface area contributed by atoms with E-state index in [-0.39, 0.29) is 5.82 Å². The number of nitrogens with zero attached hydrogens (tertiary/aromatic N) is 1. The minimum absolute atomic E-state index is 0.188. The van der Waals surface area contributed by atoms with Crippen LogP contribution in [-0.4, -0.2) is 13.7 Å². The van der Waals surface area contributed by atoms with Gasteiger partial charge >= 0.3 is 0 Å². The Labute approximate surface area is 64.6 Å². The summed E-state index contributed by atoms with van der Waals surface area (Å²) in [4.78, 5) is 2.04. The van der Waals surface area contributed by atoms with Crippen LogP contribution in [0.4, 0.5) is 15.8 Å². The summed E-state index contributed by atoms with van der Waals surface area (Å²) in [6, 6.07) is 4.77. The maximum atomic E-state index is 12.6. The lowest BCUT2D eigenvalue weighted by Gasteiger charge is -2.08. The standard InChI is InChI=1S/C8H9FN2/c1-11-5-10-7-4-6(9)2-3-8(7)11/h2-4,10H,5H2,1H3. The van der Waals surface area contributed by atoms with Gasteiger partial charge in [-0.2, -0.15) is 0 Å². The molecule has 0 spiro atoms. The van der Waals surface area contributed by atoms with Crippen LogP contribution in [0.2, 0.25) is 0 Å². The van der Waals surface area contributed by atoms with Gasteiger partial charge in [-0.1, -0.05) is 0 Å². The van der Waals surface area contributed by atoms with Gasteiger partial charge in [0.25, 0.3) is 0 Å². The molecule has 0 atom stereocenters. The molecule has 0 unspecified atom stereocenters. The van der Waals surface area contributed by atoms with Gasteiger partial charge in [-0.25, -0.2) is 4.39 Å². The van der Waals surface area contributed by atoms with Crippen LogP contribution in [0.5, 0.6) is 0 Å². The van der Waals surface area contributed by atoms with Crippen LogP contribution in [0.3, 0.4) is 0 Å². The Hall–Kier alpha value is -1.25. The summed E-state index contributed by atoms with van der Waals surface area (Å²) in [7, 11) is 1.97. The quantitative estimate of drug-likeness (QED) is 0.608. The average molecular weight is 152 g/mol. The highest BCUT2D eigenvalue weighted by atomic mass is 19.1. The number of benzene rings is 1. The van der Waals surface area contributed by atoms with E-state index >= 15 is 0 Å². The van der Waals surface area contributed by atoms with Crippen molar-refractivity contribution >= 4 is 11.4 Å². The normalized spacial score (nSPS) is 14.5. The molecule has 2 rings (SSSR count). The van der Waals surface area contributed by atoms with Gasteiger partial charge in [-0.15, -0.1) is 0 Å². The third-order valence-electron chi connectivity index (χ3n) is 1.88. The molecule has 0 saturated carbocycles. The van der Waals surface area contributed by atoms with Gasteiger partial charge in [-0.05, 0) is 18.2 Å². The molecule has 58 valence electrons. The van der Waals surface area contributed by atoms with Gasteiger partial charge in [0.15, 0.2) is 0 Å². The summed E-state index contributed by atoms with van der Waals surface area (Å²) in [5.74, 6) is -0.188. The average Bonchev–Trinajstić information content (AvgIpc) is 2.32. The fourth-order valence-corrected chi connectivity index (χ4v) is 1.27. The van der Waals surface area contributed by atoms with Crippen LogP contribution in [0.1, 0.15) is 0 Å². The Morgan fingerprint density at radius 3 is 3.18 bits per heavy atom.